The summed E-state index contributed by atoms with van der Waals surface area (Å²) < 4.78 is 39.1. The lowest BCUT2D eigenvalue weighted by molar-refractivity contribution is 0.0933. The zero-order valence-electron chi connectivity index (χ0n) is 16.7. The molecule has 1 unspecified atom stereocenters. The summed E-state index contributed by atoms with van der Waals surface area (Å²) in [5.41, 5.74) is 3.15. The van der Waals surface area contributed by atoms with Crippen molar-refractivity contribution < 1.29 is 17.6 Å². The van der Waals surface area contributed by atoms with Gasteiger partial charge in [-0.15, -0.1) is 0 Å². The van der Waals surface area contributed by atoms with Gasteiger partial charge in [-0.2, -0.15) is 5.10 Å². The Balaban J connectivity index is 1.60. The quantitative estimate of drug-likeness (QED) is 0.677. The van der Waals surface area contributed by atoms with E-state index < -0.39 is 9.84 Å². The second-order valence-corrected chi connectivity index (χ2v) is 9.54. The van der Waals surface area contributed by atoms with E-state index in [1.54, 1.807) is 30.3 Å². The molecule has 0 saturated carbocycles. The van der Waals surface area contributed by atoms with Crippen LogP contribution in [0.4, 0.5) is 4.39 Å². The van der Waals surface area contributed by atoms with Crippen molar-refractivity contribution in [1.82, 2.24) is 15.1 Å². The average molecular weight is 428 g/mol. The third-order valence-corrected chi connectivity index (χ3v) is 6.51. The van der Waals surface area contributed by atoms with Crippen molar-refractivity contribution in [2.75, 3.05) is 6.26 Å². The number of nitrogens with one attached hydrogen (secondary N) is 1. The molecule has 1 atom stereocenters. The molecule has 8 heteroatoms. The molecule has 1 aliphatic rings. The Bertz CT molecular complexity index is 1220. The number of sulfone groups is 1. The van der Waals surface area contributed by atoms with Crippen molar-refractivity contribution in [3.8, 4) is 5.69 Å². The maximum Gasteiger partial charge on any atom is 0.272 e. The minimum atomic E-state index is -3.28. The number of benzene rings is 2. The maximum absolute atomic E-state index is 14.3. The van der Waals surface area contributed by atoms with E-state index in [4.69, 9.17) is 0 Å². The van der Waals surface area contributed by atoms with Crippen LogP contribution < -0.4 is 5.32 Å². The van der Waals surface area contributed by atoms with E-state index >= 15 is 0 Å². The summed E-state index contributed by atoms with van der Waals surface area (Å²) >= 11 is 0. The Morgan fingerprint density at radius 2 is 1.83 bits per heavy atom. The van der Waals surface area contributed by atoms with Crippen molar-refractivity contribution in [2.24, 2.45) is 0 Å². The molecule has 0 radical (unpaired) electrons. The molecular formula is C22H22FN3O3S. The molecule has 0 saturated heterocycles. The number of para-hydroxylation sites is 1. The smallest absolute Gasteiger partial charge is 0.272 e. The van der Waals surface area contributed by atoms with E-state index in [1.165, 1.54) is 22.9 Å². The molecule has 1 aliphatic carbocycles. The van der Waals surface area contributed by atoms with Crippen molar-refractivity contribution in [3.63, 3.8) is 0 Å². The van der Waals surface area contributed by atoms with Gasteiger partial charge in [-0.05, 0) is 56.0 Å². The lowest BCUT2D eigenvalue weighted by Gasteiger charge is -2.14. The van der Waals surface area contributed by atoms with E-state index in [9.17, 15) is 17.6 Å². The third-order valence-electron chi connectivity index (χ3n) is 5.38. The van der Waals surface area contributed by atoms with Crippen LogP contribution >= 0.6 is 0 Å². The van der Waals surface area contributed by atoms with Crippen LogP contribution in [0.2, 0.25) is 0 Å². The SMILES string of the molecule is CC(NC(=O)c1nn(-c2ccccc2F)c2c1CCC2)c1ccc(S(C)(=O)=O)cc1. The number of aromatic nitrogens is 2. The van der Waals surface area contributed by atoms with Gasteiger partial charge < -0.3 is 5.32 Å². The minimum Gasteiger partial charge on any atom is -0.344 e. The van der Waals surface area contributed by atoms with E-state index in [2.05, 4.69) is 10.4 Å². The van der Waals surface area contributed by atoms with Gasteiger partial charge in [0.25, 0.3) is 5.91 Å². The monoisotopic (exact) mass is 427 g/mol. The summed E-state index contributed by atoms with van der Waals surface area (Å²) in [5.74, 6) is -0.719. The van der Waals surface area contributed by atoms with Crippen LogP contribution in [-0.2, 0) is 22.7 Å². The molecule has 4 rings (SSSR count). The molecule has 0 bridgehead atoms. The Hall–Kier alpha value is -3.00. The maximum atomic E-state index is 14.3. The number of hydrogen-bond acceptors (Lipinski definition) is 4. The number of carbonyl (C=O) groups is 1. The molecule has 30 heavy (non-hydrogen) atoms. The first-order chi connectivity index (χ1) is 14.3. The first-order valence-electron chi connectivity index (χ1n) is 9.72. The highest BCUT2D eigenvalue weighted by atomic mass is 32.2. The molecule has 2 aromatic carbocycles. The van der Waals surface area contributed by atoms with E-state index in [0.29, 0.717) is 11.4 Å². The molecule has 1 aromatic heterocycles. The lowest BCUT2D eigenvalue weighted by Crippen LogP contribution is -2.28. The molecule has 0 aliphatic heterocycles. The highest BCUT2D eigenvalue weighted by Gasteiger charge is 2.28. The summed E-state index contributed by atoms with van der Waals surface area (Å²) in [6.45, 7) is 1.82. The van der Waals surface area contributed by atoms with E-state index in [0.717, 1.165) is 42.3 Å². The summed E-state index contributed by atoms with van der Waals surface area (Å²) in [4.78, 5) is 13.2. The third kappa shape index (κ3) is 3.75. The molecular weight excluding hydrogens is 405 g/mol. The van der Waals surface area contributed by atoms with Gasteiger partial charge >= 0.3 is 0 Å². The van der Waals surface area contributed by atoms with Gasteiger partial charge in [0, 0.05) is 17.5 Å². The van der Waals surface area contributed by atoms with Gasteiger partial charge in [0.05, 0.1) is 10.9 Å². The van der Waals surface area contributed by atoms with Gasteiger partial charge in [0.2, 0.25) is 0 Å². The Labute approximate surface area is 174 Å². The minimum absolute atomic E-state index is 0.228. The molecule has 1 heterocycles. The predicted molar refractivity (Wildman–Crippen MR) is 111 cm³/mol. The fraction of sp³-hybridized carbons (Fsp3) is 0.273. The number of carbonyl (C=O) groups excluding carboxylic acids is 1. The zero-order chi connectivity index (χ0) is 21.5. The number of amides is 1. The van der Waals surface area contributed by atoms with Crippen molar-refractivity contribution in [2.45, 2.75) is 37.1 Å². The Kier molecular flexibility index (Phi) is 5.19. The summed E-state index contributed by atoms with van der Waals surface area (Å²) in [6, 6.07) is 12.5. The highest BCUT2D eigenvalue weighted by molar-refractivity contribution is 7.90. The Morgan fingerprint density at radius 3 is 2.50 bits per heavy atom. The standard InChI is InChI=1S/C22H22FN3O3S/c1-14(15-10-12-16(13-11-15)30(2,28)29)24-22(27)21-17-6-5-9-19(17)26(25-21)20-8-4-3-7-18(20)23/h3-4,7-8,10-14H,5-6,9H2,1-2H3,(H,24,27). The molecule has 6 nitrogen and oxygen atoms in total. The van der Waals surface area contributed by atoms with Crippen LogP contribution in [0.25, 0.3) is 5.69 Å². The second kappa shape index (κ2) is 7.68. The van der Waals surface area contributed by atoms with Gasteiger partial charge in [-0.25, -0.2) is 17.5 Å². The number of halogens is 1. The van der Waals surface area contributed by atoms with Crippen LogP contribution in [0, 0.1) is 5.82 Å². The summed E-state index contributed by atoms with van der Waals surface area (Å²) in [5, 5.41) is 7.36. The normalized spacial score (nSPS) is 14.4. The predicted octanol–water partition coefficient (Wildman–Crippen LogP) is 3.39. The fourth-order valence-corrected chi connectivity index (χ4v) is 4.43. The lowest BCUT2D eigenvalue weighted by atomic mass is 10.1. The van der Waals surface area contributed by atoms with Gasteiger partial charge in [0.1, 0.15) is 11.5 Å². The van der Waals surface area contributed by atoms with Crippen LogP contribution in [0.1, 0.15) is 46.7 Å². The topological polar surface area (TPSA) is 81.1 Å². The van der Waals surface area contributed by atoms with Crippen LogP contribution in [0.15, 0.2) is 53.4 Å². The largest absolute Gasteiger partial charge is 0.344 e. The molecule has 3 aromatic rings. The fourth-order valence-electron chi connectivity index (χ4n) is 3.79. The molecule has 0 spiro atoms. The van der Waals surface area contributed by atoms with Crippen LogP contribution in [0.5, 0.6) is 0 Å². The van der Waals surface area contributed by atoms with E-state index in [1.807, 2.05) is 6.92 Å². The van der Waals surface area contributed by atoms with Gasteiger partial charge in [0.15, 0.2) is 15.5 Å². The first-order valence-corrected chi connectivity index (χ1v) is 11.6. The second-order valence-electron chi connectivity index (χ2n) is 7.53. The molecule has 1 N–H and O–H groups in total. The first kappa shape index (κ1) is 20.3. The average Bonchev–Trinajstić information content (AvgIpc) is 3.30. The molecule has 1 amide bonds. The van der Waals surface area contributed by atoms with Crippen LogP contribution in [-0.4, -0.2) is 30.4 Å². The van der Waals surface area contributed by atoms with Crippen molar-refractivity contribution >= 4 is 15.7 Å². The number of fused-ring (bicyclic) bond motifs is 1. The van der Waals surface area contributed by atoms with Crippen LogP contribution in [0.3, 0.4) is 0 Å². The van der Waals surface area contributed by atoms with E-state index in [-0.39, 0.29) is 22.7 Å². The number of hydrogen-bond donors (Lipinski definition) is 1. The summed E-state index contributed by atoms with van der Waals surface area (Å²) in [6.07, 6.45) is 3.51. The summed E-state index contributed by atoms with van der Waals surface area (Å²) in [7, 11) is -3.28. The zero-order valence-corrected chi connectivity index (χ0v) is 17.5. The van der Waals surface area contributed by atoms with Crippen molar-refractivity contribution in [1.29, 1.82) is 0 Å². The molecule has 156 valence electrons. The molecule has 0 fully saturated rings. The highest BCUT2D eigenvalue weighted by Crippen LogP contribution is 2.29. The van der Waals surface area contributed by atoms with Gasteiger partial charge in [-0.3, -0.25) is 4.79 Å². The number of nitrogens with zero attached hydrogens (tertiary/aromatic N) is 2. The number of rotatable bonds is 5. The van der Waals surface area contributed by atoms with Crippen molar-refractivity contribution in [3.05, 3.63) is 76.9 Å². The van der Waals surface area contributed by atoms with Gasteiger partial charge in [-0.1, -0.05) is 24.3 Å². The Morgan fingerprint density at radius 1 is 1.13 bits per heavy atom.